The Balaban J connectivity index is 1.48. The zero-order valence-electron chi connectivity index (χ0n) is 16.5. The van der Waals surface area contributed by atoms with Crippen LogP contribution in [-0.2, 0) is 19.3 Å². The van der Waals surface area contributed by atoms with Crippen LogP contribution >= 0.6 is 12.2 Å². The maximum atomic E-state index is 11.0. The summed E-state index contributed by atoms with van der Waals surface area (Å²) in [6.07, 6.45) is 5.99. The first-order chi connectivity index (χ1) is 14.0. The van der Waals surface area contributed by atoms with Crippen LogP contribution in [0.4, 0.5) is 5.82 Å². The molecule has 0 saturated heterocycles. The number of nitrogens with zero attached hydrogens (tertiary/aromatic N) is 2. The molecule has 0 radical (unpaired) electrons. The fourth-order valence-corrected chi connectivity index (χ4v) is 4.44. The van der Waals surface area contributed by atoms with Crippen molar-refractivity contribution < 1.29 is 9.90 Å². The number of carboxylic acid groups (broad SMARTS) is 1. The first-order valence-electron chi connectivity index (χ1n) is 9.93. The van der Waals surface area contributed by atoms with Crippen LogP contribution < -0.4 is 4.90 Å². The van der Waals surface area contributed by atoms with Crippen molar-refractivity contribution in [3.63, 3.8) is 0 Å². The van der Waals surface area contributed by atoms with E-state index in [1.165, 1.54) is 11.1 Å². The quantitative estimate of drug-likeness (QED) is 0.584. The van der Waals surface area contributed by atoms with Crippen LogP contribution in [0.3, 0.4) is 0 Å². The Bertz CT molecular complexity index is 1070. The summed E-state index contributed by atoms with van der Waals surface area (Å²) in [5.41, 5.74) is 4.30. The van der Waals surface area contributed by atoms with E-state index in [9.17, 15) is 4.79 Å². The number of carboxylic acids is 1. The van der Waals surface area contributed by atoms with E-state index >= 15 is 0 Å². The first-order valence-corrected chi connectivity index (χ1v) is 10.3. The predicted molar refractivity (Wildman–Crippen MR) is 117 cm³/mol. The van der Waals surface area contributed by atoms with Gasteiger partial charge in [0.1, 0.15) is 5.82 Å². The molecule has 3 aromatic rings. The van der Waals surface area contributed by atoms with Crippen molar-refractivity contribution in [1.82, 2.24) is 9.55 Å². The summed E-state index contributed by atoms with van der Waals surface area (Å²) >= 11 is 5.61. The zero-order valence-corrected chi connectivity index (χ0v) is 17.3. The molecule has 6 heteroatoms. The minimum absolute atomic E-state index is 0.318. The second-order valence-corrected chi connectivity index (χ2v) is 8.05. The Hall–Kier alpha value is -2.86. The van der Waals surface area contributed by atoms with E-state index in [0.717, 1.165) is 48.4 Å². The number of aryl methyl sites for hydroxylation is 1. The maximum Gasteiger partial charge on any atom is 0.335 e. The molecule has 1 aromatic heterocycles. The maximum absolute atomic E-state index is 11.0. The zero-order chi connectivity index (χ0) is 20.4. The molecule has 0 amide bonds. The number of fused-ring (bicyclic) bond motifs is 1. The summed E-state index contributed by atoms with van der Waals surface area (Å²) in [5.74, 6) is 0.204. The van der Waals surface area contributed by atoms with E-state index in [4.69, 9.17) is 17.3 Å². The molecule has 0 saturated carbocycles. The number of imidazole rings is 1. The molecule has 5 nitrogen and oxygen atoms in total. The third-order valence-electron chi connectivity index (χ3n) is 5.80. The number of aromatic nitrogens is 2. The van der Waals surface area contributed by atoms with Crippen molar-refractivity contribution in [2.24, 2.45) is 0 Å². The fourth-order valence-electron chi connectivity index (χ4n) is 4.14. The highest BCUT2D eigenvalue weighted by Gasteiger charge is 2.23. The molecule has 0 unspecified atom stereocenters. The third-order valence-corrected chi connectivity index (χ3v) is 6.12. The topological polar surface area (TPSA) is 61.3 Å². The van der Waals surface area contributed by atoms with Crippen molar-refractivity contribution in [2.45, 2.75) is 31.7 Å². The molecule has 4 rings (SSSR count). The summed E-state index contributed by atoms with van der Waals surface area (Å²) in [4.78, 5) is 16.5. The van der Waals surface area contributed by atoms with Gasteiger partial charge < -0.3 is 19.6 Å². The van der Waals surface area contributed by atoms with Crippen LogP contribution in [-0.4, -0.2) is 34.2 Å². The van der Waals surface area contributed by atoms with Crippen molar-refractivity contribution in [3.05, 3.63) is 81.8 Å². The average Bonchev–Trinajstić information content (AvgIpc) is 3.13. The first kappa shape index (κ1) is 19.5. The lowest BCUT2D eigenvalue weighted by atomic mass is 9.88. The van der Waals surface area contributed by atoms with Crippen LogP contribution in [0.2, 0.25) is 0 Å². The van der Waals surface area contributed by atoms with Gasteiger partial charge in [0, 0.05) is 25.8 Å². The number of aromatic amines is 1. The second-order valence-electron chi connectivity index (χ2n) is 7.66. The monoisotopic (exact) mass is 407 g/mol. The number of hydrogen-bond acceptors (Lipinski definition) is 3. The minimum atomic E-state index is -0.894. The van der Waals surface area contributed by atoms with Crippen LogP contribution in [0.5, 0.6) is 0 Å². The summed E-state index contributed by atoms with van der Waals surface area (Å²) in [6.45, 7) is 0.822. The molecule has 1 aliphatic carbocycles. The van der Waals surface area contributed by atoms with Gasteiger partial charge >= 0.3 is 5.97 Å². The van der Waals surface area contributed by atoms with Crippen LogP contribution in [0.25, 0.3) is 0 Å². The number of nitrogens with one attached hydrogen (secondary N) is 1. The predicted octanol–water partition coefficient (Wildman–Crippen LogP) is 4.65. The molecule has 29 heavy (non-hydrogen) atoms. The number of rotatable bonds is 6. The number of anilines is 1. The third kappa shape index (κ3) is 4.12. The molecule has 150 valence electrons. The minimum Gasteiger partial charge on any atom is -0.478 e. The largest absolute Gasteiger partial charge is 0.478 e. The van der Waals surface area contributed by atoms with Crippen LogP contribution in [0, 0.1) is 4.77 Å². The van der Waals surface area contributed by atoms with Gasteiger partial charge in [0.05, 0.1) is 5.56 Å². The van der Waals surface area contributed by atoms with Crippen molar-refractivity contribution in [3.8, 4) is 0 Å². The van der Waals surface area contributed by atoms with Gasteiger partial charge in [-0.05, 0) is 66.7 Å². The molecule has 2 aromatic carbocycles. The van der Waals surface area contributed by atoms with E-state index < -0.39 is 5.97 Å². The van der Waals surface area contributed by atoms with Crippen molar-refractivity contribution in [2.75, 3.05) is 18.5 Å². The number of benzene rings is 2. The van der Waals surface area contributed by atoms with Gasteiger partial charge in [-0.25, -0.2) is 4.79 Å². The standard InChI is InChI=1S/C23H25N3O2S/c1-25(13-12-16-6-8-18(9-7-16)22(27)28)21-15-24-23(29)26(21)20-11-10-17-4-2-3-5-19(17)14-20/h2-9,15,20H,10-14H2,1H3,(H,24,29)(H,27,28)/t20-/m0/s1. The number of likely N-dealkylation sites (N-methyl/N-ethyl adjacent to an activating group) is 1. The lowest BCUT2D eigenvalue weighted by molar-refractivity contribution is 0.0697. The lowest BCUT2D eigenvalue weighted by Gasteiger charge is -2.29. The van der Waals surface area contributed by atoms with E-state index in [1.807, 2.05) is 18.3 Å². The Labute approximate surface area is 175 Å². The molecule has 0 fully saturated rings. The van der Waals surface area contributed by atoms with E-state index in [0.29, 0.717) is 11.6 Å². The highest BCUT2D eigenvalue weighted by atomic mass is 32.1. The van der Waals surface area contributed by atoms with Gasteiger partial charge in [-0.15, -0.1) is 0 Å². The molecule has 2 N–H and O–H groups in total. The van der Waals surface area contributed by atoms with Crippen LogP contribution in [0.1, 0.15) is 39.5 Å². The van der Waals surface area contributed by atoms with Gasteiger partial charge in [0.15, 0.2) is 4.77 Å². The van der Waals surface area contributed by atoms with Crippen molar-refractivity contribution in [1.29, 1.82) is 0 Å². The SMILES string of the molecule is CN(CCc1ccc(C(=O)O)cc1)c1c[nH]c(=S)n1[C@H]1CCc2ccccc2C1. The summed E-state index contributed by atoms with van der Waals surface area (Å²) < 4.78 is 3.03. The van der Waals surface area contributed by atoms with Gasteiger partial charge in [-0.2, -0.15) is 0 Å². The average molecular weight is 408 g/mol. The second kappa shape index (κ2) is 8.25. The summed E-state index contributed by atoms with van der Waals surface area (Å²) in [5, 5.41) is 9.04. The number of aromatic carboxylic acids is 1. The Morgan fingerprint density at radius 1 is 1.21 bits per heavy atom. The molecular formula is C23H25N3O2S. The molecule has 0 spiro atoms. The van der Waals surface area contributed by atoms with Crippen molar-refractivity contribution >= 4 is 24.0 Å². The van der Waals surface area contributed by atoms with Gasteiger partial charge in [-0.3, -0.25) is 0 Å². The van der Waals surface area contributed by atoms with Gasteiger partial charge in [-0.1, -0.05) is 36.4 Å². The highest BCUT2D eigenvalue weighted by molar-refractivity contribution is 7.71. The number of carbonyl (C=O) groups is 1. The fraction of sp³-hybridized carbons (Fsp3) is 0.304. The molecular weight excluding hydrogens is 382 g/mol. The molecule has 1 aliphatic rings. The molecule has 1 heterocycles. The smallest absolute Gasteiger partial charge is 0.335 e. The van der Waals surface area contributed by atoms with Gasteiger partial charge in [0.25, 0.3) is 0 Å². The Kier molecular flexibility index (Phi) is 5.53. The van der Waals surface area contributed by atoms with E-state index in [-0.39, 0.29) is 0 Å². The summed E-state index contributed by atoms with van der Waals surface area (Å²) in [7, 11) is 2.08. The van der Waals surface area contributed by atoms with E-state index in [1.54, 1.807) is 12.1 Å². The molecule has 0 aliphatic heterocycles. The van der Waals surface area contributed by atoms with Gasteiger partial charge in [0.2, 0.25) is 0 Å². The highest BCUT2D eigenvalue weighted by Crippen LogP contribution is 2.32. The summed E-state index contributed by atoms with van der Waals surface area (Å²) in [6, 6.07) is 16.1. The Morgan fingerprint density at radius 2 is 1.93 bits per heavy atom. The van der Waals surface area contributed by atoms with E-state index in [2.05, 4.69) is 45.8 Å². The van der Waals surface area contributed by atoms with Crippen LogP contribution in [0.15, 0.2) is 54.7 Å². The number of H-pyrrole nitrogens is 1. The molecule has 1 atom stereocenters. The lowest BCUT2D eigenvalue weighted by Crippen LogP contribution is -2.27. The molecule has 0 bridgehead atoms. The Morgan fingerprint density at radius 3 is 2.66 bits per heavy atom. The normalized spacial score (nSPS) is 15.7. The number of hydrogen-bond donors (Lipinski definition) is 2.